The number of nitrogens with zero attached hydrogens (tertiary/aromatic N) is 1. The second-order valence-corrected chi connectivity index (χ2v) is 5.02. The Morgan fingerprint density at radius 3 is 2.46 bits per heavy atom. The molecule has 1 rings (SSSR count). The summed E-state index contributed by atoms with van der Waals surface area (Å²) in [6, 6.07) is 0.504. The topological polar surface area (TPSA) is 24.4 Å². The number of aliphatic imine (C=N–C) groups is 1. The molecule has 76 valence electrons. The fraction of sp³-hybridized carbons (Fsp3) is 0.909. The molecule has 0 aromatic rings. The highest BCUT2D eigenvalue weighted by molar-refractivity contribution is 5.82. The van der Waals surface area contributed by atoms with Crippen molar-refractivity contribution in [2.45, 2.75) is 53.0 Å². The van der Waals surface area contributed by atoms with E-state index in [1.54, 1.807) is 0 Å². The van der Waals surface area contributed by atoms with Gasteiger partial charge in [-0.1, -0.05) is 20.8 Å². The number of nitrogens with one attached hydrogen (secondary N) is 1. The van der Waals surface area contributed by atoms with E-state index in [-0.39, 0.29) is 0 Å². The maximum atomic E-state index is 4.49. The molecule has 0 bridgehead atoms. The van der Waals surface area contributed by atoms with Crippen LogP contribution >= 0.6 is 0 Å². The Labute approximate surface area is 81.8 Å². The van der Waals surface area contributed by atoms with Crippen molar-refractivity contribution in [3.05, 3.63) is 0 Å². The zero-order chi connectivity index (χ0) is 9.90. The van der Waals surface area contributed by atoms with Gasteiger partial charge in [-0.25, -0.2) is 0 Å². The van der Waals surface area contributed by atoms with Crippen LogP contribution in [0.1, 0.15) is 47.0 Å². The number of hydrogen-bond donors (Lipinski definition) is 1. The maximum absolute atomic E-state index is 4.49. The highest BCUT2D eigenvalue weighted by Gasteiger charge is 2.21. The van der Waals surface area contributed by atoms with Gasteiger partial charge in [0, 0.05) is 19.0 Å². The Morgan fingerprint density at radius 1 is 1.31 bits per heavy atom. The maximum Gasteiger partial charge on any atom is 0.0965 e. The quantitative estimate of drug-likeness (QED) is 0.662. The molecule has 13 heavy (non-hydrogen) atoms. The first-order chi connectivity index (χ1) is 6.00. The molecule has 1 heterocycles. The van der Waals surface area contributed by atoms with E-state index in [1.807, 2.05) is 0 Å². The molecule has 0 aliphatic carbocycles. The average molecular weight is 182 g/mol. The van der Waals surface area contributed by atoms with Gasteiger partial charge in [-0.05, 0) is 25.2 Å². The zero-order valence-corrected chi connectivity index (χ0v) is 9.35. The monoisotopic (exact) mass is 182 g/mol. The molecular formula is C11H22N2. The van der Waals surface area contributed by atoms with Gasteiger partial charge >= 0.3 is 0 Å². The van der Waals surface area contributed by atoms with Gasteiger partial charge in [-0.2, -0.15) is 0 Å². The summed E-state index contributed by atoms with van der Waals surface area (Å²) in [5.74, 6) is 1.22. The molecule has 1 N–H and O–H groups in total. The van der Waals surface area contributed by atoms with Crippen LogP contribution in [0.25, 0.3) is 0 Å². The third kappa shape index (κ3) is 3.37. The van der Waals surface area contributed by atoms with Crippen LogP contribution in [0.2, 0.25) is 0 Å². The van der Waals surface area contributed by atoms with E-state index in [1.165, 1.54) is 18.7 Å². The highest BCUT2D eigenvalue weighted by Crippen LogP contribution is 2.19. The van der Waals surface area contributed by atoms with Crippen molar-refractivity contribution in [2.24, 2.45) is 10.4 Å². The van der Waals surface area contributed by atoms with Gasteiger partial charge in [0.15, 0.2) is 0 Å². The van der Waals surface area contributed by atoms with Gasteiger partial charge in [0.25, 0.3) is 0 Å². The lowest BCUT2D eigenvalue weighted by molar-refractivity contribution is 0.314. The van der Waals surface area contributed by atoms with Crippen LogP contribution in [0, 0.1) is 5.41 Å². The van der Waals surface area contributed by atoms with Crippen LogP contribution in [-0.2, 0) is 0 Å². The fourth-order valence-corrected chi connectivity index (χ4v) is 1.28. The van der Waals surface area contributed by atoms with Crippen molar-refractivity contribution in [1.29, 1.82) is 0 Å². The minimum atomic E-state index is 0.319. The Hall–Kier alpha value is -0.530. The predicted octanol–water partition coefficient (Wildman–Crippen LogP) is 2.59. The molecule has 0 spiro atoms. The van der Waals surface area contributed by atoms with E-state index in [4.69, 9.17) is 0 Å². The van der Waals surface area contributed by atoms with Gasteiger partial charge in [0.05, 0.1) is 5.84 Å². The van der Waals surface area contributed by atoms with Gasteiger partial charge in [-0.15, -0.1) is 0 Å². The molecule has 0 fully saturated rings. The predicted molar refractivity (Wildman–Crippen MR) is 58.2 cm³/mol. The summed E-state index contributed by atoms with van der Waals surface area (Å²) < 4.78 is 0. The third-order valence-electron chi connectivity index (χ3n) is 2.81. The van der Waals surface area contributed by atoms with Crippen molar-refractivity contribution in [2.75, 3.05) is 6.54 Å². The average Bonchev–Trinajstić information content (AvgIpc) is 2.04. The second kappa shape index (κ2) is 4.12. The minimum absolute atomic E-state index is 0.319. The summed E-state index contributed by atoms with van der Waals surface area (Å²) in [7, 11) is 0. The van der Waals surface area contributed by atoms with E-state index < -0.39 is 0 Å². The van der Waals surface area contributed by atoms with E-state index in [2.05, 4.69) is 38.0 Å². The first-order valence-corrected chi connectivity index (χ1v) is 5.30. The van der Waals surface area contributed by atoms with Crippen LogP contribution in [0.3, 0.4) is 0 Å². The van der Waals surface area contributed by atoms with E-state index in [9.17, 15) is 0 Å². The lowest BCUT2D eigenvalue weighted by Crippen LogP contribution is -2.42. The Kier molecular flexibility index (Phi) is 3.34. The molecule has 0 amide bonds. The van der Waals surface area contributed by atoms with Crippen LogP contribution in [0.4, 0.5) is 0 Å². The summed E-state index contributed by atoms with van der Waals surface area (Å²) in [5, 5.41) is 3.51. The Bertz CT molecular complexity index is 189. The molecular weight excluding hydrogens is 160 g/mol. The van der Waals surface area contributed by atoms with Crippen molar-refractivity contribution < 1.29 is 0 Å². The SMILES string of the molecule is CC(NC1=NCCCC1)C(C)(C)C. The largest absolute Gasteiger partial charge is 0.371 e. The third-order valence-corrected chi connectivity index (χ3v) is 2.81. The van der Waals surface area contributed by atoms with Crippen LogP contribution in [-0.4, -0.2) is 18.4 Å². The molecule has 2 heteroatoms. The van der Waals surface area contributed by atoms with Crippen molar-refractivity contribution in [3.8, 4) is 0 Å². The van der Waals surface area contributed by atoms with E-state index >= 15 is 0 Å². The molecule has 1 atom stereocenters. The second-order valence-electron chi connectivity index (χ2n) is 5.02. The summed E-state index contributed by atoms with van der Waals surface area (Å²) in [6.45, 7) is 10.0. The molecule has 2 nitrogen and oxygen atoms in total. The molecule has 1 aliphatic heterocycles. The Balaban J connectivity index is 2.43. The van der Waals surface area contributed by atoms with Crippen LogP contribution in [0.5, 0.6) is 0 Å². The van der Waals surface area contributed by atoms with Crippen LogP contribution < -0.4 is 5.32 Å². The van der Waals surface area contributed by atoms with Crippen molar-refractivity contribution in [1.82, 2.24) is 5.32 Å². The van der Waals surface area contributed by atoms with Gasteiger partial charge in [-0.3, -0.25) is 4.99 Å². The molecule has 1 aliphatic rings. The summed E-state index contributed by atoms with van der Waals surface area (Å²) in [4.78, 5) is 4.49. The zero-order valence-electron chi connectivity index (χ0n) is 9.35. The molecule has 0 saturated heterocycles. The molecule has 0 aromatic carbocycles. The lowest BCUT2D eigenvalue weighted by Gasteiger charge is -2.30. The normalized spacial score (nSPS) is 20.8. The fourth-order valence-electron chi connectivity index (χ4n) is 1.28. The summed E-state index contributed by atoms with van der Waals surface area (Å²) in [5.41, 5.74) is 0.319. The van der Waals surface area contributed by atoms with Crippen molar-refractivity contribution >= 4 is 5.84 Å². The summed E-state index contributed by atoms with van der Waals surface area (Å²) in [6.07, 6.45) is 3.69. The van der Waals surface area contributed by atoms with E-state index in [0.29, 0.717) is 11.5 Å². The molecule has 0 saturated carbocycles. The summed E-state index contributed by atoms with van der Waals surface area (Å²) >= 11 is 0. The number of rotatable bonds is 1. The minimum Gasteiger partial charge on any atom is -0.371 e. The number of hydrogen-bond acceptors (Lipinski definition) is 2. The standard InChI is InChI=1S/C11H22N2/c1-9(11(2,3)4)13-10-7-5-6-8-12-10/h9H,5-8H2,1-4H3,(H,12,13). The molecule has 0 radical (unpaired) electrons. The van der Waals surface area contributed by atoms with Crippen molar-refractivity contribution in [3.63, 3.8) is 0 Å². The Morgan fingerprint density at radius 2 is 2.00 bits per heavy atom. The first kappa shape index (κ1) is 10.6. The smallest absolute Gasteiger partial charge is 0.0965 e. The first-order valence-electron chi connectivity index (χ1n) is 5.30. The molecule has 1 unspecified atom stereocenters. The molecule has 0 aromatic heterocycles. The lowest BCUT2D eigenvalue weighted by atomic mass is 9.88. The van der Waals surface area contributed by atoms with E-state index in [0.717, 1.165) is 13.0 Å². The van der Waals surface area contributed by atoms with Gasteiger partial charge in [0.1, 0.15) is 0 Å². The number of amidine groups is 1. The van der Waals surface area contributed by atoms with Gasteiger partial charge in [0.2, 0.25) is 0 Å². The highest BCUT2D eigenvalue weighted by atomic mass is 15.0. The van der Waals surface area contributed by atoms with Crippen LogP contribution in [0.15, 0.2) is 4.99 Å². The van der Waals surface area contributed by atoms with Gasteiger partial charge < -0.3 is 5.32 Å².